The summed E-state index contributed by atoms with van der Waals surface area (Å²) in [6.45, 7) is 0. The first kappa shape index (κ1) is 9.41. The molecule has 0 bridgehead atoms. The molecule has 1 N–H and O–H groups in total. The van der Waals surface area contributed by atoms with Crippen molar-refractivity contribution in [3.63, 3.8) is 0 Å². The van der Waals surface area contributed by atoms with Gasteiger partial charge in [0.25, 0.3) is 5.78 Å². The van der Waals surface area contributed by atoms with Gasteiger partial charge in [-0.15, -0.1) is 0 Å². The van der Waals surface area contributed by atoms with E-state index < -0.39 is 0 Å². The summed E-state index contributed by atoms with van der Waals surface area (Å²) in [5, 5.41) is 3.28. The maximum absolute atomic E-state index is 4.52. The van der Waals surface area contributed by atoms with Crippen LogP contribution in [0.2, 0.25) is 0 Å². The number of benzene rings is 2. The summed E-state index contributed by atoms with van der Waals surface area (Å²) in [6.07, 6.45) is 0. The Bertz CT molecular complexity index is 827. The van der Waals surface area contributed by atoms with Gasteiger partial charge in [0.1, 0.15) is 0 Å². The van der Waals surface area contributed by atoms with E-state index in [0.717, 1.165) is 22.4 Å². The summed E-state index contributed by atoms with van der Waals surface area (Å²) in [5.41, 5.74) is 3.06. The monoisotopic (exact) mass is 234 g/mol. The lowest BCUT2D eigenvalue weighted by Crippen LogP contribution is -1.84. The highest BCUT2D eigenvalue weighted by Gasteiger charge is 2.09. The third kappa shape index (κ3) is 1.26. The molecule has 4 aromatic rings. The molecule has 0 radical (unpaired) electrons. The minimum absolute atomic E-state index is 0.704. The average molecular weight is 234 g/mol. The zero-order valence-corrected chi connectivity index (χ0v) is 9.54. The molecule has 0 aliphatic rings. The van der Waals surface area contributed by atoms with Gasteiger partial charge in [0, 0.05) is 5.56 Å². The molecular weight excluding hydrogens is 224 g/mol. The molecular formula is C14H10N4. The number of fused-ring (bicyclic) bond motifs is 3. The number of imidazole rings is 1. The van der Waals surface area contributed by atoms with Crippen LogP contribution in [-0.4, -0.2) is 19.6 Å². The highest BCUT2D eigenvalue weighted by molar-refractivity contribution is 5.79. The molecule has 4 nitrogen and oxygen atoms in total. The van der Waals surface area contributed by atoms with Crippen LogP contribution >= 0.6 is 0 Å². The Labute approximate surface area is 103 Å². The van der Waals surface area contributed by atoms with E-state index in [0.29, 0.717) is 5.78 Å². The van der Waals surface area contributed by atoms with E-state index in [2.05, 4.69) is 15.1 Å². The molecule has 0 unspecified atom stereocenters. The standard InChI is InChI=1S/C14H10N4/c1-2-6-10(7-3-1)13-16-14-15-11-8-4-5-9-12(11)18(14)17-13/h1-9H,(H,15,16,17). The number of H-pyrrole nitrogens is 1. The van der Waals surface area contributed by atoms with E-state index in [9.17, 15) is 0 Å². The summed E-state index contributed by atoms with van der Waals surface area (Å²) in [4.78, 5) is 9.00. The molecule has 0 aliphatic carbocycles. The van der Waals surface area contributed by atoms with Gasteiger partial charge in [-0.1, -0.05) is 42.5 Å². The Kier molecular flexibility index (Phi) is 1.80. The van der Waals surface area contributed by atoms with Crippen molar-refractivity contribution < 1.29 is 0 Å². The molecule has 86 valence electrons. The summed E-state index contributed by atoms with van der Waals surface area (Å²) < 4.78 is 1.91. The van der Waals surface area contributed by atoms with Crippen molar-refractivity contribution in [3.8, 4) is 11.4 Å². The molecule has 0 saturated heterocycles. The first-order valence-electron chi connectivity index (χ1n) is 5.80. The van der Waals surface area contributed by atoms with Gasteiger partial charge in [0.15, 0.2) is 5.82 Å². The lowest BCUT2D eigenvalue weighted by atomic mass is 10.2. The predicted octanol–water partition coefficient (Wildman–Crippen LogP) is 2.88. The molecule has 18 heavy (non-hydrogen) atoms. The van der Waals surface area contributed by atoms with Crippen LogP contribution in [0.1, 0.15) is 0 Å². The van der Waals surface area contributed by atoms with E-state index in [-0.39, 0.29) is 0 Å². The maximum Gasteiger partial charge on any atom is 0.252 e. The third-order valence-corrected chi connectivity index (χ3v) is 3.02. The fourth-order valence-corrected chi connectivity index (χ4v) is 2.15. The molecule has 4 heteroatoms. The number of aromatic nitrogens is 4. The van der Waals surface area contributed by atoms with E-state index in [1.807, 2.05) is 59.1 Å². The second-order valence-electron chi connectivity index (χ2n) is 4.17. The Morgan fingerprint density at radius 2 is 1.61 bits per heavy atom. The molecule has 2 aromatic carbocycles. The summed E-state index contributed by atoms with van der Waals surface area (Å²) in [7, 11) is 0. The zero-order valence-electron chi connectivity index (χ0n) is 9.54. The molecule has 0 spiro atoms. The minimum Gasteiger partial charge on any atom is -0.274 e. The van der Waals surface area contributed by atoms with Gasteiger partial charge in [-0.05, 0) is 12.1 Å². The van der Waals surface area contributed by atoms with Gasteiger partial charge in [0.05, 0.1) is 11.0 Å². The Morgan fingerprint density at radius 3 is 2.50 bits per heavy atom. The number of hydrogen-bond donors (Lipinski definition) is 1. The lowest BCUT2D eigenvalue weighted by Gasteiger charge is -1.94. The number of nitrogens with one attached hydrogen (secondary N) is 1. The van der Waals surface area contributed by atoms with Crippen LogP contribution in [0.4, 0.5) is 0 Å². The van der Waals surface area contributed by atoms with Crippen LogP contribution in [0.5, 0.6) is 0 Å². The third-order valence-electron chi connectivity index (χ3n) is 3.02. The van der Waals surface area contributed by atoms with Crippen molar-refractivity contribution in [1.82, 2.24) is 19.6 Å². The van der Waals surface area contributed by atoms with Crippen molar-refractivity contribution >= 4 is 16.8 Å². The van der Waals surface area contributed by atoms with Crippen molar-refractivity contribution in [3.05, 3.63) is 54.6 Å². The summed E-state index contributed by atoms with van der Waals surface area (Å²) in [6, 6.07) is 18.0. The molecule has 0 atom stereocenters. The largest absolute Gasteiger partial charge is 0.274 e. The van der Waals surface area contributed by atoms with Gasteiger partial charge in [0.2, 0.25) is 0 Å². The predicted molar refractivity (Wildman–Crippen MR) is 70.3 cm³/mol. The van der Waals surface area contributed by atoms with Crippen LogP contribution in [0, 0.1) is 0 Å². The van der Waals surface area contributed by atoms with E-state index >= 15 is 0 Å². The number of para-hydroxylation sites is 2. The second-order valence-corrected chi connectivity index (χ2v) is 4.17. The Morgan fingerprint density at radius 1 is 0.833 bits per heavy atom. The fraction of sp³-hybridized carbons (Fsp3) is 0. The molecule has 2 aromatic heterocycles. The highest BCUT2D eigenvalue weighted by Crippen LogP contribution is 2.19. The van der Waals surface area contributed by atoms with Crippen molar-refractivity contribution in [1.29, 1.82) is 0 Å². The van der Waals surface area contributed by atoms with E-state index in [4.69, 9.17) is 0 Å². The summed E-state index contributed by atoms with van der Waals surface area (Å²) in [5.74, 6) is 1.54. The quantitative estimate of drug-likeness (QED) is 0.550. The number of aromatic amines is 1. The smallest absolute Gasteiger partial charge is 0.252 e. The molecule has 4 rings (SSSR count). The fourth-order valence-electron chi connectivity index (χ4n) is 2.15. The molecule has 0 aliphatic heterocycles. The van der Waals surface area contributed by atoms with Gasteiger partial charge >= 0.3 is 0 Å². The number of nitrogens with zero attached hydrogens (tertiary/aromatic N) is 3. The van der Waals surface area contributed by atoms with E-state index in [1.165, 1.54) is 0 Å². The van der Waals surface area contributed by atoms with Gasteiger partial charge in [-0.2, -0.15) is 4.98 Å². The highest BCUT2D eigenvalue weighted by atomic mass is 15.3. The van der Waals surface area contributed by atoms with Crippen molar-refractivity contribution in [2.75, 3.05) is 0 Å². The zero-order chi connectivity index (χ0) is 11.9. The Hall–Kier alpha value is -2.62. The molecule has 2 heterocycles. The average Bonchev–Trinajstić information content (AvgIpc) is 2.97. The summed E-state index contributed by atoms with van der Waals surface area (Å²) >= 11 is 0. The maximum atomic E-state index is 4.52. The van der Waals surface area contributed by atoms with Crippen LogP contribution in [-0.2, 0) is 0 Å². The minimum atomic E-state index is 0.704. The number of rotatable bonds is 1. The van der Waals surface area contributed by atoms with Crippen molar-refractivity contribution in [2.45, 2.75) is 0 Å². The Balaban J connectivity index is 2.00. The molecule has 0 saturated carbocycles. The number of hydrogen-bond acceptors (Lipinski definition) is 2. The normalized spacial score (nSPS) is 11.3. The SMILES string of the molecule is c1ccc(-c2nc3nc4ccccc4n3[nH]2)cc1. The van der Waals surface area contributed by atoms with Crippen molar-refractivity contribution in [2.24, 2.45) is 0 Å². The first-order chi connectivity index (χ1) is 8.92. The lowest BCUT2D eigenvalue weighted by molar-refractivity contribution is 1.01. The van der Waals surface area contributed by atoms with Crippen LogP contribution in [0.3, 0.4) is 0 Å². The van der Waals surface area contributed by atoms with Crippen LogP contribution in [0.25, 0.3) is 28.2 Å². The van der Waals surface area contributed by atoms with E-state index in [1.54, 1.807) is 0 Å². The molecule has 0 amide bonds. The van der Waals surface area contributed by atoms with Gasteiger partial charge in [-0.3, -0.25) is 5.10 Å². The van der Waals surface area contributed by atoms with Gasteiger partial charge < -0.3 is 0 Å². The van der Waals surface area contributed by atoms with Gasteiger partial charge in [-0.25, -0.2) is 9.50 Å². The molecule has 0 fully saturated rings. The topological polar surface area (TPSA) is 46.0 Å². The second kappa shape index (κ2) is 3.43. The first-order valence-corrected chi connectivity index (χ1v) is 5.80. The van der Waals surface area contributed by atoms with Crippen LogP contribution in [0.15, 0.2) is 54.6 Å². The van der Waals surface area contributed by atoms with Crippen LogP contribution < -0.4 is 0 Å².